The van der Waals surface area contributed by atoms with Crippen LogP contribution in [0.25, 0.3) is 11.3 Å². The van der Waals surface area contributed by atoms with Crippen LogP contribution in [0.2, 0.25) is 0 Å². The van der Waals surface area contributed by atoms with E-state index in [4.69, 9.17) is 9.98 Å². The molecule has 2 aliphatic rings. The first-order valence-electron chi connectivity index (χ1n) is 14.9. The Kier molecular flexibility index (Phi) is 12.0. The van der Waals surface area contributed by atoms with E-state index in [0.29, 0.717) is 35.2 Å². The van der Waals surface area contributed by atoms with Gasteiger partial charge in [-0.1, -0.05) is 68.2 Å². The van der Waals surface area contributed by atoms with Gasteiger partial charge in [-0.15, -0.1) is 0 Å². The molecule has 1 N–H and O–H groups in total. The minimum absolute atomic E-state index is 0.135. The molecule has 0 spiro atoms. The van der Waals surface area contributed by atoms with Crippen LogP contribution in [0.5, 0.6) is 0 Å². The van der Waals surface area contributed by atoms with Crippen molar-refractivity contribution in [2.75, 3.05) is 19.7 Å². The summed E-state index contributed by atoms with van der Waals surface area (Å²) < 4.78 is 0. The average molecular weight is 566 g/mol. The normalized spacial score (nSPS) is 20.8. The van der Waals surface area contributed by atoms with Gasteiger partial charge in [0.25, 0.3) is 0 Å². The van der Waals surface area contributed by atoms with Gasteiger partial charge in [0, 0.05) is 49.8 Å². The maximum Gasteiger partial charge on any atom is 0.183 e. The monoisotopic (exact) mass is 565 g/mol. The van der Waals surface area contributed by atoms with Crippen molar-refractivity contribution in [3.05, 3.63) is 114 Å². The van der Waals surface area contributed by atoms with E-state index < -0.39 is 0 Å². The molecule has 5 nitrogen and oxygen atoms in total. The van der Waals surface area contributed by atoms with Gasteiger partial charge in [0.05, 0.1) is 11.4 Å². The smallest absolute Gasteiger partial charge is 0.183 e. The van der Waals surface area contributed by atoms with Crippen LogP contribution < -0.4 is 0 Å². The first-order chi connectivity index (χ1) is 20.1. The number of pyridine rings is 1. The second-order valence-electron chi connectivity index (χ2n) is 11.5. The van der Waals surface area contributed by atoms with Crippen molar-refractivity contribution in [2.24, 2.45) is 16.8 Å². The van der Waals surface area contributed by atoms with E-state index in [0.717, 1.165) is 72.5 Å². The highest BCUT2D eigenvalue weighted by atomic mass is 16.2. The Balaban J connectivity index is 1.89. The van der Waals surface area contributed by atoms with Crippen LogP contribution in [0, 0.1) is 11.8 Å². The number of nitrogens with zero attached hydrogens (tertiary/aromatic N) is 3. The summed E-state index contributed by atoms with van der Waals surface area (Å²) in [6.45, 7) is 26.8. The molecular weight excluding hydrogens is 518 g/mol. The Morgan fingerprint density at radius 2 is 2.02 bits per heavy atom. The molecule has 2 aliphatic heterocycles. The van der Waals surface area contributed by atoms with Crippen molar-refractivity contribution in [3.8, 4) is 0 Å². The van der Waals surface area contributed by atoms with E-state index in [1.165, 1.54) is 5.57 Å². The lowest BCUT2D eigenvalue weighted by atomic mass is 9.84. The second-order valence-corrected chi connectivity index (χ2v) is 11.5. The maximum absolute atomic E-state index is 12.9. The fraction of sp³-hybridized carbons (Fsp3) is 0.378. The van der Waals surface area contributed by atoms with Crippen LogP contribution in [0.1, 0.15) is 70.2 Å². The summed E-state index contributed by atoms with van der Waals surface area (Å²) in [5.74, 6) is 0.719. The lowest BCUT2D eigenvalue weighted by Crippen LogP contribution is -2.28. The average Bonchev–Trinajstić information content (AvgIpc) is 3.20. The molecule has 1 aromatic rings. The van der Waals surface area contributed by atoms with Crippen molar-refractivity contribution in [2.45, 2.75) is 59.8 Å². The predicted molar refractivity (Wildman–Crippen MR) is 178 cm³/mol. The Morgan fingerprint density at radius 1 is 1.26 bits per heavy atom. The number of aliphatic imine (C=N–C) groups is 1. The van der Waals surface area contributed by atoms with E-state index in [1.807, 2.05) is 45.2 Å². The molecule has 0 radical (unpaired) electrons. The highest BCUT2D eigenvalue weighted by Crippen LogP contribution is 2.32. The van der Waals surface area contributed by atoms with Gasteiger partial charge in [-0.25, -0.2) is 0 Å². The number of rotatable bonds is 11. The van der Waals surface area contributed by atoms with Gasteiger partial charge >= 0.3 is 0 Å². The second kappa shape index (κ2) is 15.4. The number of aliphatic hydroxyl groups is 1. The number of likely N-dealkylation sites (tertiary alicyclic amines) is 1. The van der Waals surface area contributed by atoms with Crippen LogP contribution >= 0.6 is 0 Å². The van der Waals surface area contributed by atoms with Gasteiger partial charge in [0.15, 0.2) is 5.78 Å². The zero-order valence-electron chi connectivity index (χ0n) is 26.0. The molecule has 0 bridgehead atoms. The molecule has 1 aromatic heterocycles. The Morgan fingerprint density at radius 3 is 2.69 bits per heavy atom. The highest BCUT2D eigenvalue weighted by molar-refractivity contribution is 6.15. The molecule has 3 rings (SSSR count). The van der Waals surface area contributed by atoms with Crippen molar-refractivity contribution in [1.29, 1.82) is 0 Å². The highest BCUT2D eigenvalue weighted by Gasteiger charge is 2.26. The van der Waals surface area contributed by atoms with Crippen LogP contribution in [0.3, 0.4) is 0 Å². The number of carbonyl (C=O) groups is 1. The lowest BCUT2D eigenvalue weighted by molar-refractivity contribution is -0.111. The third-order valence-electron chi connectivity index (χ3n) is 8.15. The molecule has 5 heteroatoms. The van der Waals surface area contributed by atoms with Crippen LogP contribution in [-0.4, -0.2) is 46.2 Å². The van der Waals surface area contributed by atoms with Gasteiger partial charge in [-0.05, 0) is 93.2 Å². The lowest BCUT2D eigenvalue weighted by Gasteiger charge is -2.28. The van der Waals surface area contributed by atoms with Gasteiger partial charge < -0.3 is 10.0 Å². The predicted octanol–water partition coefficient (Wildman–Crippen LogP) is 7.85. The van der Waals surface area contributed by atoms with Crippen LogP contribution in [-0.2, 0) is 11.2 Å². The maximum atomic E-state index is 12.9. The topological polar surface area (TPSA) is 65.8 Å². The molecule has 1 unspecified atom stereocenters. The molecule has 3 heterocycles. The molecule has 42 heavy (non-hydrogen) atoms. The number of aromatic nitrogens is 1. The van der Waals surface area contributed by atoms with Crippen molar-refractivity contribution in [3.63, 3.8) is 0 Å². The molecule has 0 amide bonds. The fourth-order valence-corrected chi connectivity index (χ4v) is 5.56. The summed E-state index contributed by atoms with van der Waals surface area (Å²) in [5.41, 5.74) is 8.91. The van der Waals surface area contributed by atoms with Gasteiger partial charge in [0.1, 0.15) is 0 Å². The van der Waals surface area contributed by atoms with Crippen molar-refractivity contribution in [1.82, 2.24) is 9.88 Å². The van der Waals surface area contributed by atoms with Crippen molar-refractivity contribution >= 4 is 22.8 Å². The fourth-order valence-electron chi connectivity index (χ4n) is 5.56. The van der Waals surface area contributed by atoms with E-state index in [9.17, 15) is 9.90 Å². The summed E-state index contributed by atoms with van der Waals surface area (Å²) in [6, 6.07) is 1.98. The summed E-state index contributed by atoms with van der Waals surface area (Å²) in [7, 11) is 0. The SMILES string of the molecule is C=C/C(C)=C\Cc1cnc(C2=CC(=O)C(=C)CC(/C=C\C(=C/C)N3CCC(=C)C(CCCO)[C@H](C)C3)=N2)cc1C(=C)C. The Hall–Kier alpha value is -3.83. The van der Waals surface area contributed by atoms with Gasteiger partial charge in [-0.3, -0.25) is 14.8 Å². The number of hydrogen-bond acceptors (Lipinski definition) is 5. The molecule has 0 saturated carbocycles. The van der Waals surface area contributed by atoms with E-state index >= 15 is 0 Å². The van der Waals surface area contributed by atoms with Gasteiger partial charge in [-0.2, -0.15) is 0 Å². The van der Waals surface area contributed by atoms with Crippen molar-refractivity contribution < 1.29 is 9.90 Å². The molecule has 0 aromatic carbocycles. The third-order valence-corrected chi connectivity index (χ3v) is 8.15. The van der Waals surface area contributed by atoms with E-state index in [2.05, 4.69) is 56.4 Å². The van der Waals surface area contributed by atoms with E-state index in [-0.39, 0.29) is 12.4 Å². The molecule has 0 aliphatic carbocycles. The summed E-state index contributed by atoms with van der Waals surface area (Å²) in [4.78, 5) is 24.9. The zero-order chi connectivity index (χ0) is 30.8. The number of allylic oxidation sites excluding steroid dienone is 9. The first-order valence-corrected chi connectivity index (χ1v) is 14.9. The minimum atomic E-state index is -0.135. The molecule has 222 valence electrons. The number of hydrogen-bond donors (Lipinski definition) is 1. The number of carbonyl (C=O) groups excluding carboxylic acids is 1. The quantitative estimate of drug-likeness (QED) is 0.169. The Bertz CT molecular complexity index is 1390. The third kappa shape index (κ3) is 8.59. The Labute approximate surface area is 252 Å². The largest absolute Gasteiger partial charge is 0.396 e. The number of ketones is 1. The molecule has 1 fully saturated rings. The molecule has 2 atom stereocenters. The van der Waals surface area contributed by atoms with E-state index in [1.54, 1.807) is 6.08 Å². The number of aliphatic hydroxyl groups excluding tert-OH is 1. The summed E-state index contributed by atoms with van der Waals surface area (Å²) in [6.07, 6.45) is 17.4. The van der Waals surface area contributed by atoms with Crippen LogP contribution in [0.4, 0.5) is 0 Å². The molecular formula is C37H47N3O2. The first kappa shape index (κ1) is 32.7. The minimum Gasteiger partial charge on any atom is -0.396 e. The zero-order valence-corrected chi connectivity index (χ0v) is 26.0. The molecule has 1 saturated heterocycles. The van der Waals surface area contributed by atoms with Gasteiger partial charge in [0.2, 0.25) is 0 Å². The summed E-state index contributed by atoms with van der Waals surface area (Å²) >= 11 is 0. The summed E-state index contributed by atoms with van der Waals surface area (Å²) in [5, 5.41) is 9.34. The van der Waals surface area contributed by atoms with Crippen LogP contribution in [0.15, 0.2) is 102 Å². The standard InChI is InChI=1S/C37H47N3O2/c1-9-26(5)13-14-30-23-38-35(21-34(30)25(3)4)36-22-37(42)28(7)20-31(39-36)15-16-32(10-2)40-18-17-27(6)33(12-11-19-41)29(8)24-40/h9-10,13,15-16,21-23,29,33,41H,1,3,6-7,11-12,14,17-20,24H2,2,4-5,8H3/b16-15-,26-13-,32-10+/t29-,33?/m1/s1.